The van der Waals surface area contributed by atoms with Crippen LogP contribution in [0.5, 0.6) is 0 Å². The van der Waals surface area contributed by atoms with Gasteiger partial charge in [-0.25, -0.2) is 21.9 Å². The molecule has 7 heteroatoms. The second kappa shape index (κ2) is 5.73. The van der Waals surface area contributed by atoms with Crippen LogP contribution < -0.4 is 4.72 Å². The topological polar surface area (TPSA) is 66.4 Å². The van der Waals surface area contributed by atoms with Crippen LogP contribution in [-0.2, 0) is 10.0 Å². The maximum Gasteiger partial charge on any atom is 0.243 e. The highest BCUT2D eigenvalue weighted by atomic mass is 32.2. The fraction of sp³-hybridized carbons (Fsp3) is 0.455. The van der Waals surface area contributed by atoms with Crippen LogP contribution in [0.3, 0.4) is 0 Å². The highest BCUT2D eigenvalue weighted by molar-refractivity contribution is 7.89. The van der Waals surface area contributed by atoms with E-state index in [4.69, 9.17) is 5.11 Å². The number of halogens is 2. The molecular weight excluding hydrogens is 264 g/mol. The summed E-state index contributed by atoms with van der Waals surface area (Å²) < 4.78 is 52.2. The Morgan fingerprint density at radius 1 is 1.33 bits per heavy atom. The zero-order chi connectivity index (χ0) is 13.9. The van der Waals surface area contributed by atoms with E-state index in [1.165, 1.54) is 6.92 Å². The summed E-state index contributed by atoms with van der Waals surface area (Å²) in [5.41, 5.74) is 0. The van der Waals surface area contributed by atoms with Crippen LogP contribution in [-0.4, -0.2) is 26.2 Å². The van der Waals surface area contributed by atoms with Gasteiger partial charge in [0.05, 0.1) is 0 Å². The Morgan fingerprint density at radius 3 is 2.50 bits per heavy atom. The summed E-state index contributed by atoms with van der Waals surface area (Å²) in [6.07, 6.45) is 0. The van der Waals surface area contributed by atoms with Gasteiger partial charge in [-0.15, -0.1) is 0 Å². The van der Waals surface area contributed by atoms with Crippen LogP contribution in [0.4, 0.5) is 8.78 Å². The van der Waals surface area contributed by atoms with Crippen LogP contribution >= 0.6 is 0 Å². The number of hydrogen-bond donors (Lipinski definition) is 2. The van der Waals surface area contributed by atoms with Crippen molar-refractivity contribution in [2.75, 3.05) is 6.61 Å². The minimum atomic E-state index is -4.14. The van der Waals surface area contributed by atoms with Crippen LogP contribution in [0.25, 0.3) is 0 Å². The monoisotopic (exact) mass is 279 g/mol. The second-order valence-electron chi connectivity index (χ2n) is 4.14. The van der Waals surface area contributed by atoms with Gasteiger partial charge in [0.15, 0.2) is 0 Å². The van der Waals surface area contributed by atoms with Gasteiger partial charge in [-0.05, 0) is 31.0 Å². The number of hydrogen-bond acceptors (Lipinski definition) is 3. The van der Waals surface area contributed by atoms with Crippen LogP contribution in [0.15, 0.2) is 23.1 Å². The molecule has 0 amide bonds. The molecule has 0 spiro atoms. The Hall–Kier alpha value is -1.05. The SMILES string of the molecule is CC(CO)C(C)NS(=O)(=O)c1cc(F)ccc1F. The molecule has 0 saturated heterocycles. The van der Waals surface area contributed by atoms with Gasteiger partial charge in [-0.2, -0.15) is 0 Å². The molecule has 1 aromatic rings. The van der Waals surface area contributed by atoms with Crippen molar-refractivity contribution in [3.63, 3.8) is 0 Å². The molecule has 102 valence electrons. The first kappa shape index (κ1) is 15.0. The molecule has 1 rings (SSSR count). The van der Waals surface area contributed by atoms with Crippen molar-refractivity contribution < 1.29 is 22.3 Å². The van der Waals surface area contributed by atoms with Crippen molar-refractivity contribution in [1.82, 2.24) is 4.72 Å². The van der Waals surface area contributed by atoms with Gasteiger partial charge < -0.3 is 5.11 Å². The first-order chi connectivity index (χ1) is 8.27. The van der Waals surface area contributed by atoms with E-state index in [0.29, 0.717) is 6.07 Å². The molecule has 0 bridgehead atoms. The third kappa shape index (κ3) is 3.47. The van der Waals surface area contributed by atoms with Gasteiger partial charge in [0.25, 0.3) is 0 Å². The molecule has 0 radical (unpaired) electrons. The predicted octanol–water partition coefficient (Wildman–Crippen LogP) is 1.26. The smallest absolute Gasteiger partial charge is 0.243 e. The lowest BCUT2D eigenvalue weighted by Gasteiger charge is -2.19. The van der Waals surface area contributed by atoms with E-state index >= 15 is 0 Å². The highest BCUT2D eigenvalue weighted by Crippen LogP contribution is 2.17. The first-order valence-corrected chi connectivity index (χ1v) is 6.84. The Balaban J connectivity index is 3.03. The third-order valence-corrected chi connectivity index (χ3v) is 4.24. The highest BCUT2D eigenvalue weighted by Gasteiger charge is 2.24. The average molecular weight is 279 g/mol. The molecule has 0 fully saturated rings. The standard InChI is InChI=1S/C11H15F2NO3S/c1-7(6-15)8(2)14-18(16,17)11-5-9(12)3-4-10(11)13/h3-5,7-8,14-15H,6H2,1-2H3. The van der Waals surface area contributed by atoms with Gasteiger partial charge in [-0.1, -0.05) is 6.92 Å². The van der Waals surface area contributed by atoms with Crippen LogP contribution in [0, 0.1) is 17.6 Å². The molecule has 0 aliphatic rings. The molecule has 4 nitrogen and oxygen atoms in total. The number of benzene rings is 1. The maximum atomic E-state index is 13.4. The summed E-state index contributed by atoms with van der Waals surface area (Å²) in [4.78, 5) is -0.737. The van der Waals surface area contributed by atoms with Crippen molar-refractivity contribution in [1.29, 1.82) is 0 Å². The van der Waals surface area contributed by atoms with E-state index in [-0.39, 0.29) is 12.5 Å². The van der Waals surface area contributed by atoms with Crippen LogP contribution in [0.2, 0.25) is 0 Å². The fourth-order valence-corrected chi connectivity index (χ4v) is 2.71. The van der Waals surface area contributed by atoms with Gasteiger partial charge >= 0.3 is 0 Å². The van der Waals surface area contributed by atoms with E-state index < -0.39 is 32.6 Å². The lowest BCUT2D eigenvalue weighted by atomic mass is 10.1. The average Bonchev–Trinajstić information content (AvgIpc) is 2.30. The first-order valence-electron chi connectivity index (χ1n) is 5.36. The molecule has 2 unspecified atom stereocenters. The quantitative estimate of drug-likeness (QED) is 0.852. The van der Waals surface area contributed by atoms with Gasteiger partial charge in [-0.3, -0.25) is 0 Å². The summed E-state index contributed by atoms with van der Waals surface area (Å²) in [6.45, 7) is 2.96. The number of nitrogens with one attached hydrogen (secondary N) is 1. The van der Waals surface area contributed by atoms with Crippen molar-refractivity contribution in [2.45, 2.75) is 24.8 Å². The van der Waals surface area contributed by atoms with E-state index in [1.54, 1.807) is 6.92 Å². The Bertz CT molecular complexity index is 519. The van der Waals surface area contributed by atoms with Gasteiger partial charge in [0.1, 0.15) is 16.5 Å². The summed E-state index contributed by atoms with van der Waals surface area (Å²) in [6, 6.07) is 1.62. The molecular formula is C11H15F2NO3S. The van der Waals surface area contributed by atoms with Crippen molar-refractivity contribution in [3.8, 4) is 0 Å². The van der Waals surface area contributed by atoms with E-state index in [1.807, 2.05) is 0 Å². The lowest BCUT2D eigenvalue weighted by molar-refractivity contribution is 0.216. The summed E-state index contributed by atoms with van der Waals surface area (Å²) in [5.74, 6) is -2.19. The molecule has 0 saturated carbocycles. The fourth-order valence-electron chi connectivity index (χ4n) is 1.27. The minimum absolute atomic E-state index is 0.213. The molecule has 0 aliphatic carbocycles. The van der Waals surface area contributed by atoms with Gasteiger partial charge in [0.2, 0.25) is 10.0 Å². The molecule has 1 aromatic carbocycles. The largest absolute Gasteiger partial charge is 0.396 e. The molecule has 0 aliphatic heterocycles. The second-order valence-corrected chi connectivity index (χ2v) is 5.83. The number of sulfonamides is 1. The summed E-state index contributed by atoms with van der Waals surface area (Å²) in [5, 5.41) is 8.90. The number of aliphatic hydroxyl groups excluding tert-OH is 1. The van der Waals surface area contributed by atoms with Crippen molar-refractivity contribution in [3.05, 3.63) is 29.8 Å². The van der Waals surface area contributed by atoms with E-state index in [0.717, 1.165) is 12.1 Å². The minimum Gasteiger partial charge on any atom is -0.396 e. The number of rotatable bonds is 5. The predicted molar refractivity (Wildman–Crippen MR) is 62.4 cm³/mol. The Morgan fingerprint density at radius 2 is 1.94 bits per heavy atom. The third-order valence-electron chi connectivity index (χ3n) is 2.67. The summed E-state index contributed by atoms with van der Waals surface area (Å²) >= 11 is 0. The maximum absolute atomic E-state index is 13.4. The van der Waals surface area contributed by atoms with Crippen molar-refractivity contribution >= 4 is 10.0 Å². The normalized spacial score (nSPS) is 15.4. The van der Waals surface area contributed by atoms with Gasteiger partial charge in [0, 0.05) is 12.6 Å². The molecule has 2 N–H and O–H groups in total. The zero-order valence-corrected chi connectivity index (χ0v) is 10.8. The molecule has 18 heavy (non-hydrogen) atoms. The summed E-state index contributed by atoms with van der Waals surface area (Å²) in [7, 11) is -4.14. The van der Waals surface area contributed by atoms with Crippen molar-refractivity contribution in [2.24, 2.45) is 5.92 Å². The Labute approximate surface area is 105 Å². The lowest BCUT2D eigenvalue weighted by Crippen LogP contribution is -2.38. The van der Waals surface area contributed by atoms with E-state index in [9.17, 15) is 17.2 Å². The Kier molecular flexibility index (Phi) is 4.78. The number of aliphatic hydroxyl groups is 1. The zero-order valence-electron chi connectivity index (χ0n) is 10.0. The van der Waals surface area contributed by atoms with Crippen LogP contribution in [0.1, 0.15) is 13.8 Å². The molecule has 2 atom stereocenters. The van der Waals surface area contributed by atoms with E-state index in [2.05, 4.69) is 4.72 Å². The molecule has 0 heterocycles. The molecule has 0 aromatic heterocycles.